The quantitative estimate of drug-likeness (QED) is 0.786. The van der Waals surface area contributed by atoms with Crippen molar-refractivity contribution in [2.24, 2.45) is 0 Å². The van der Waals surface area contributed by atoms with E-state index in [4.69, 9.17) is 0 Å². The van der Waals surface area contributed by atoms with Crippen molar-refractivity contribution in [1.29, 1.82) is 0 Å². The lowest BCUT2D eigenvalue weighted by atomic mass is 10.00. The van der Waals surface area contributed by atoms with Gasteiger partial charge in [0.05, 0.1) is 0 Å². The van der Waals surface area contributed by atoms with E-state index in [2.05, 4.69) is 27.4 Å². The van der Waals surface area contributed by atoms with Gasteiger partial charge in [-0.05, 0) is 36.6 Å². The Bertz CT molecular complexity index is 937. The molecule has 2 heterocycles. The van der Waals surface area contributed by atoms with Crippen molar-refractivity contribution in [2.75, 3.05) is 11.9 Å². The Morgan fingerprint density at radius 1 is 1.04 bits per heavy atom. The third-order valence-corrected chi connectivity index (χ3v) is 4.63. The maximum absolute atomic E-state index is 12.9. The van der Waals surface area contributed by atoms with Crippen LogP contribution in [0.5, 0.6) is 0 Å². The molecule has 26 heavy (non-hydrogen) atoms. The molecule has 1 aliphatic heterocycles. The van der Waals surface area contributed by atoms with Gasteiger partial charge in [-0.1, -0.05) is 42.0 Å². The van der Waals surface area contributed by atoms with Crippen LogP contribution in [0.15, 0.2) is 60.9 Å². The van der Waals surface area contributed by atoms with E-state index < -0.39 is 0 Å². The summed E-state index contributed by atoms with van der Waals surface area (Å²) in [4.78, 5) is 23.1. The molecule has 1 N–H and O–H groups in total. The number of benzene rings is 2. The van der Waals surface area contributed by atoms with Crippen molar-refractivity contribution < 1.29 is 4.79 Å². The van der Waals surface area contributed by atoms with Crippen LogP contribution in [0.4, 0.5) is 11.5 Å². The number of hydrogen-bond acceptors (Lipinski definition) is 4. The van der Waals surface area contributed by atoms with E-state index in [0.29, 0.717) is 24.6 Å². The highest BCUT2D eigenvalue weighted by Gasteiger charge is 2.22. The number of nitrogens with zero attached hydrogens (tertiary/aromatic N) is 3. The summed E-state index contributed by atoms with van der Waals surface area (Å²) in [6.45, 7) is 3.38. The van der Waals surface area contributed by atoms with E-state index in [9.17, 15) is 4.79 Å². The van der Waals surface area contributed by atoms with Crippen LogP contribution in [-0.2, 0) is 13.0 Å². The second-order valence-corrected chi connectivity index (χ2v) is 6.52. The number of aromatic nitrogens is 2. The molecule has 2 aromatic carbocycles. The van der Waals surface area contributed by atoms with Crippen LogP contribution >= 0.6 is 0 Å². The minimum absolute atomic E-state index is 0.0612. The minimum Gasteiger partial charge on any atom is -0.340 e. The number of carbonyl (C=O) groups excluding carboxylic acids is 1. The summed E-state index contributed by atoms with van der Waals surface area (Å²) in [6, 6.07) is 18.0. The van der Waals surface area contributed by atoms with Crippen molar-refractivity contribution in [3.63, 3.8) is 0 Å². The Hall–Kier alpha value is -3.21. The molecule has 0 saturated heterocycles. The van der Waals surface area contributed by atoms with Gasteiger partial charge in [0.2, 0.25) is 0 Å². The van der Waals surface area contributed by atoms with Gasteiger partial charge in [0.15, 0.2) is 0 Å². The number of nitrogens with one attached hydrogen (secondary N) is 1. The Kier molecular flexibility index (Phi) is 4.35. The van der Waals surface area contributed by atoms with Crippen LogP contribution in [0.3, 0.4) is 0 Å². The molecule has 1 aliphatic rings. The first kappa shape index (κ1) is 16.3. The monoisotopic (exact) mass is 344 g/mol. The summed E-state index contributed by atoms with van der Waals surface area (Å²) in [7, 11) is 0. The van der Waals surface area contributed by atoms with E-state index in [-0.39, 0.29) is 5.91 Å². The Labute approximate surface area is 152 Å². The summed E-state index contributed by atoms with van der Waals surface area (Å²) in [6.07, 6.45) is 2.31. The molecule has 0 aliphatic carbocycles. The van der Waals surface area contributed by atoms with Crippen LogP contribution < -0.4 is 5.32 Å². The van der Waals surface area contributed by atoms with Gasteiger partial charge in [0, 0.05) is 24.8 Å². The van der Waals surface area contributed by atoms with E-state index in [1.54, 1.807) is 6.07 Å². The summed E-state index contributed by atoms with van der Waals surface area (Å²) in [5, 5.41) is 3.22. The summed E-state index contributed by atoms with van der Waals surface area (Å²) in [5.74, 6) is 0.554. The Morgan fingerprint density at radius 2 is 1.81 bits per heavy atom. The number of amides is 1. The molecular weight excluding hydrogens is 324 g/mol. The maximum atomic E-state index is 12.9. The summed E-state index contributed by atoms with van der Waals surface area (Å²) < 4.78 is 0. The van der Waals surface area contributed by atoms with Crippen LogP contribution in [0.1, 0.15) is 27.2 Å². The molecule has 5 heteroatoms. The number of aryl methyl sites for hydroxylation is 1. The predicted molar refractivity (Wildman–Crippen MR) is 101 cm³/mol. The zero-order chi connectivity index (χ0) is 17.9. The third kappa shape index (κ3) is 3.42. The zero-order valence-corrected chi connectivity index (χ0v) is 14.6. The average molecular weight is 344 g/mol. The Balaban J connectivity index is 1.51. The normalized spacial score (nSPS) is 13.2. The SMILES string of the molecule is Cc1ccc(Nc2cc(C(=O)N3CCc4ccccc4C3)ncn2)cc1. The molecule has 0 atom stereocenters. The number of anilines is 2. The van der Waals surface area contributed by atoms with Gasteiger partial charge in [-0.2, -0.15) is 0 Å². The van der Waals surface area contributed by atoms with Crippen molar-refractivity contribution >= 4 is 17.4 Å². The first-order valence-electron chi connectivity index (χ1n) is 8.71. The van der Waals surface area contributed by atoms with Gasteiger partial charge in [0.1, 0.15) is 17.8 Å². The largest absolute Gasteiger partial charge is 0.340 e. The molecule has 0 fully saturated rings. The van der Waals surface area contributed by atoms with Gasteiger partial charge < -0.3 is 10.2 Å². The second-order valence-electron chi connectivity index (χ2n) is 6.52. The molecule has 0 radical (unpaired) electrons. The van der Waals surface area contributed by atoms with Gasteiger partial charge in [-0.25, -0.2) is 9.97 Å². The fourth-order valence-electron chi connectivity index (χ4n) is 3.16. The number of carbonyl (C=O) groups is 1. The van der Waals surface area contributed by atoms with Gasteiger partial charge in [0.25, 0.3) is 5.91 Å². The van der Waals surface area contributed by atoms with E-state index in [1.165, 1.54) is 23.0 Å². The zero-order valence-electron chi connectivity index (χ0n) is 14.6. The van der Waals surface area contributed by atoms with Crippen LogP contribution in [0, 0.1) is 6.92 Å². The van der Waals surface area contributed by atoms with Crippen molar-refractivity contribution in [1.82, 2.24) is 14.9 Å². The molecule has 1 amide bonds. The average Bonchev–Trinajstić information content (AvgIpc) is 2.69. The van der Waals surface area contributed by atoms with E-state index >= 15 is 0 Å². The molecular formula is C21H20N4O. The first-order valence-corrected chi connectivity index (χ1v) is 8.71. The Morgan fingerprint density at radius 3 is 2.62 bits per heavy atom. The van der Waals surface area contributed by atoms with Gasteiger partial charge >= 0.3 is 0 Å². The summed E-state index contributed by atoms with van der Waals surface area (Å²) in [5.41, 5.74) is 5.06. The number of hydrogen-bond donors (Lipinski definition) is 1. The van der Waals surface area contributed by atoms with Crippen LogP contribution in [-0.4, -0.2) is 27.3 Å². The number of fused-ring (bicyclic) bond motifs is 1. The number of rotatable bonds is 3. The highest BCUT2D eigenvalue weighted by molar-refractivity contribution is 5.93. The standard InChI is InChI=1S/C21H20N4O/c1-15-6-8-18(9-7-15)24-20-12-19(22-14-23-20)21(26)25-11-10-16-4-2-3-5-17(16)13-25/h2-9,12,14H,10-11,13H2,1H3,(H,22,23,24). The fourth-order valence-corrected chi connectivity index (χ4v) is 3.16. The molecule has 4 rings (SSSR count). The molecule has 3 aromatic rings. The summed E-state index contributed by atoms with van der Waals surface area (Å²) >= 11 is 0. The lowest BCUT2D eigenvalue weighted by molar-refractivity contribution is 0.0728. The fraction of sp³-hybridized carbons (Fsp3) is 0.190. The van der Waals surface area contributed by atoms with E-state index in [1.807, 2.05) is 48.2 Å². The smallest absolute Gasteiger partial charge is 0.272 e. The molecule has 5 nitrogen and oxygen atoms in total. The van der Waals surface area contributed by atoms with Crippen molar-refractivity contribution in [3.05, 3.63) is 83.3 Å². The minimum atomic E-state index is -0.0612. The third-order valence-electron chi connectivity index (χ3n) is 4.63. The van der Waals surface area contributed by atoms with Crippen molar-refractivity contribution in [3.8, 4) is 0 Å². The molecule has 1 aromatic heterocycles. The molecule has 0 bridgehead atoms. The first-order chi connectivity index (χ1) is 12.7. The maximum Gasteiger partial charge on any atom is 0.272 e. The van der Waals surface area contributed by atoms with Crippen LogP contribution in [0.2, 0.25) is 0 Å². The topological polar surface area (TPSA) is 58.1 Å². The molecule has 0 saturated carbocycles. The predicted octanol–water partition coefficient (Wildman–Crippen LogP) is 3.73. The van der Waals surface area contributed by atoms with Gasteiger partial charge in [-0.15, -0.1) is 0 Å². The highest BCUT2D eigenvalue weighted by Crippen LogP contribution is 2.21. The molecule has 0 unspecified atom stereocenters. The van der Waals surface area contributed by atoms with Crippen molar-refractivity contribution in [2.45, 2.75) is 19.9 Å². The van der Waals surface area contributed by atoms with Crippen LogP contribution in [0.25, 0.3) is 0 Å². The second kappa shape index (κ2) is 6.96. The highest BCUT2D eigenvalue weighted by atomic mass is 16.2. The molecule has 0 spiro atoms. The lowest BCUT2D eigenvalue weighted by Gasteiger charge is -2.28. The lowest BCUT2D eigenvalue weighted by Crippen LogP contribution is -2.36. The van der Waals surface area contributed by atoms with Gasteiger partial charge in [-0.3, -0.25) is 4.79 Å². The molecule has 130 valence electrons. The van der Waals surface area contributed by atoms with E-state index in [0.717, 1.165) is 12.1 Å².